The van der Waals surface area contributed by atoms with Gasteiger partial charge in [-0.25, -0.2) is 9.78 Å². The van der Waals surface area contributed by atoms with Gasteiger partial charge in [0.1, 0.15) is 17.5 Å². The zero-order valence-corrected chi connectivity index (χ0v) is 26.8. The van der Waals surface area contributed by atoms with Crippen LogP contribution in [0.3, 0.4) is 0 Å². The normalized spacial score (nSPS) is 15.7. The van der Waals surface area contributed by atoms with E-state index in [4.69, 9.17) is 9.47 Å². The highest BCUT2D eigenvalue weighted by Crippen LogP contribution is 2.32. The van der Waals surface area contributed by atoms with Crippen molar-refractivity contribution in [3.8, 4) is 5.75 Å². The summed E-state index contributed by atoms with van der Waals surface area (Å²) in [6.45, 7) is 8.44. The van der Waals surface area contributed by atoms with Crippen LogP contribution in [0.1, 0.15) is 67.2 Å². The number of nitrogens with one attached hydrogen (secondary N) is 2. The lowest BCUT2D eigenvalue weighted by Gasteiger charge is -2.34. The number of thiazole rings is 1. The van der Waals surface area contributed by atoms with E-state index >= 15 is 0 Å². The minimum Gasteiger partial charge on any atom is -0.489 e. The average molecular weight is 672 g/mol. The number of nitrogens with zero attached hydrogens (tertiary/aromatic N) is 4. The van der Waals surface area contributed by atoms with E-state index in [0.29, 0.717) is 42.4 Å². The van der Waals surface area contributed by atoms with E-state index in [1.165, 1.54) is 23.7 Å². The molecule has 2 aliphatic rings. The van der Waals surface area contributed by atoms with E-state index in [0.717, 1.165) is 35.4 Å². The van der Waals surface area contributed by atoms with E-state index in [1.807, 2.05) is 32.9 Å². The van der Waals surface area contributed by atoms with Gasteiger partial charge in [0.25, 0.3) is 11.8 Å². The molecule has 2 saturated heterocycles. The van der Waals surface area contributed by atoms with Crippen molar-refractivity contribution in [1.29, 1.82) is 0 Å². The maximum absolute atomic E-state index is 13.7. The quantitative estimate of drug-likeness (QED) is 0.305. The third kappa shape index (κ3) is 8.02. The lowest BCUT2D eigenvalue weighted by atomic mass is 10.1. The number of anilines is 3. The minimum absolute atomic E-state index is 0.184. The zero-order chi connectivity index (χ0) is 30.6. The fourth-order valence-electron chi connectivity index (χ4n) is 4.99. The van der Waals surface area contributed by atoms with Crippen molar-refractivity contribution in [3.63, 3.8) is 0 Å². The molecule has 0 saturated carbocycles. The Balaban J connectivity index is 1.32. The van der Waals surface area contributed by atoms with Gasteiger partial charge in [-0.2, -0.15) is 0 Å². The number of halogens is 1. The van der Waals surface area contributed by atoms with Gasteiger partial charge in [0.05, 0.1) is 33.0 Å². The van der Waals surface area contributed by atoms with Gasteiger partial charge in [0, 0.05) is 57.0 Å². The fourth-order valence-corrected chi connectivity index (χ4v) is 6.09. The summed E-state index contributed by atoms with van der Waals surface area (Å²) in [6.07, 6.45) is 7.46. The molecule has 0 bridgehead atoms. The summed E-state index contributed by atoms with van der Waals surface area (Å²) < 4.78 is 12.8. The molecule has 11 nitrogen and oxygen atoms in total. The van der Waals surface area contributed by atoms with Crippen LogP contribution in [0.4, 0.5) is 21.3 Å². The molecule has 2 aliphatic heterocycles. The number of rotatable bonds is 7. The van der Waals surface area contributed by atoms with Crippen molar-refractivity contribution in [2.45, 2.75) is 58.2 Å². The van der Waals surface area contributed by atoms with Gasteiger partial charge in [-0.1, -0.05) is 11.3 Å². The Hall–Kier alpha value is -3.71. The van der Waals surface area contributed by atoms with E-state index in [9.17, 15) is 14.4 Å². The summed E-state index contributed by atoms with van der Waals surface area (Å²) in [7, 11) is 0. The summed E-state index contributed by atoms with van der Waals surface area (Å²) in [5.41, 5.74) is 1.29. The Morgan fingerprint density at radius 3 is 2.37 bits per heavy atom. The third-order valence-electron chi connectivity index (χ3n) is 7.08. The first-order valence-corrected chi connectivity index (χ1v) is 15.9. The molecule has 5 rings (SSSR count). The molecule has 4 heterocycles. The first-order chi connectivity index (χ1) is 20.6. The molecule has 3 aromatic rings. The number of carbonyl (C=O) groups excluding carboxylic acids is 3. The predicted octanol–water partition coefficient (Wildman–Crippen LogP) is 6.18. The van der Waals surface area contributed by atoms with Crippen molar-refractivity contribution in [1.82, 2.24) is 14.9 Å². The molecule has 1 aromatic carbocycles. The van der Waals surface area contributed by atoms with Crippen molar-refractivity contribution in [2.24, 2.45) is 0 Å². The molecule has 43 heavy (non-hydrogen) atoms. The predicted molar refractivity (Wildman–Crippen MR) is 169 cm³/mol. The second-order valence-corrected chi connectivity index (χ2v) is 13.9. The lowest BCUT2D eigenvalue weighted by molar-refractivity contribution is 0.0126. The number of benzene rings is 1. The van der Waals surface area contributed by atoms with Crippen LogP contribution in [0.25, 0.3) is 0 Å². The van der Waals surface area contributed by atoms with Crippen molar-refractivity contribution < 1.29 is 23.9 Å². The summed E-state index contributed by atoms with van der Waals surface area (Å²) >= 11 is 4.62. The van der Waals surface area contributed by atoms with Crippen LogP contribution in [0.5, 0.6) is 5.75 Å². The first kappa shape index (κ1) is 30.7. The minimum atomic E-state index is -0.560. The maximum atomic E-state index is 13.7. The van der Waals surface area contributed by atoms with Crippen LogP contribution in [-0.2, 0) is 4.74 Å². The van der Waals surface area contributed by atoms with Gasteiger partial charge < -0.3 is 24.6 Å². The van der Waals surface area contributed by atoms with Crippen LogP contribution in [0, 0.1) is 0 Å². The van der Waals surface area contributed by atoms with Crippen LogP contribution in [-0.4, -0.2) is 70.7 Å². The summed E-state index contributed by atoms with van der Waals surface area (Å²) in [5, 5.41) is 6.04. The second-order valence-electron chi connectivity index (χ2n) is 11.5. The monoisotopic (exact) mass is 670 g/mol. The molecule has 2 aromatic heterocycles. The molecule has 228 valence electrons. The zero-order valence-electron chi connectivity index (χ0n) is 24.4. The fraction of sp³-hybridized carbons (Fsp3) is 0.433. The third-order valence-corrected chi connectivity index (χ3v) is 8.47. The number of hydrogen-bond acceptors (Lipinski definition) is 9. The van der Waals surface area contributed by atoms with Crippen LogP contribution in [0.15, 0.2) is 46.6 Å². The van der Waals surface area contributed by atoms with E-state index in [2.05, 4.69) is 41.4 Å². The van der Waals surface area contributed by atoms with Crippen LogP contribution in [0.2, 0.25) is 0 Å². The van der Waals surface area contributed by atoms with Crippen LogP contribution < -0.4 is 20.3 Å². The second kappa shape index (κ2) is 13.3. The first-order valence-electron chi connectivity index (χ1n) is 14.3. The molecule has 0 aliphatic carbocycles. The summed E-state index contributed by atoms with van der Waals surface area (Å²) in [4.78, 5) is 51.5. The van der Waals surface area contributed by atoms with E-state index in [-0.39, 0.29) is 23.4 Å². The number of aromatic nitrogens is 2. The highest BCUT2D eigenvalue weighted by molar-refractivity contribution is 9.11. The highest BCUT2D eigenvalue weighted by Gasteiger charge is 2.29. The summed E-state index contributed by atoms with van der Waals surface area (Å²) in [6, 6.07) is 7.14. The lowest BCUT2D eigenvalue weighted by Crippen LogP contribution is -2.44. The number of likely N-dealkylation sites (tertiary alicyclic amines) is 1. The molecular formula is C30H35BrN6O5S. The van der Waals surface area contributed by atoms with Gasteiger partial charge in [0.2, 0.25) is 0 Å². The maximum Gasteiger partial charge on any atom is 0.410 e. The van der Waals surface area contributed by atoms with Crippen molar-refractivity contribution >= 4 is 61.7 Å². The molecule has 0 unspecified atom stereocenters. The standard InChI is InChI=1S/C30H35BrN6O5S/c1-30(2,3)42-29(40)37-14-9-20(10-15-37)41-24-16-19(36-12-4-5-13-36)6-7-22(24)27(39)34-23-17-32-11-8-21(23)26(38)35-28-33-18-25(31)43-28/h6-8,11,16-18,20H,4-5,9-10,12-15H2,1-3H3,(H,34,39)(H,33,35,38). The number of piperidine rings is 1. The van der Waals surface area contributed by atoms with Gasteiger partial charge in [-0.15, -0.1) is 0 Å². The SMILES string of the molecule is CC(C)(C)OC(=O)N1CCC(Oc2cc(N3CCCC3)ccc2C(=O)Nc2cnccc2C(=O)Nc2ncc(Br)s2)CC1. The molecule has 3 amide bonds. The number of amides is 3. The summed E-state index contributed by atoms with van der Waals surface area (Å²) in [5.74, 6) is -0.384. The molecule has 2 N–H and O–H groups in total. The number of hydrogen-bond donors (Lipinski definition) is 2. The van der Waals surface area contributed by atoms with Gasteiger partial charge in [-0.3, -0.25) is 19.9 Å². The Labute approximate surface area is 263 Å². The molecule has 0 spiro atoms. The smallest absolute Gasteiger partial charge is 0.410 e. The number of ether oxygens (including phenoxy) is 2. The van der Waals surface area contributed by atoms with Crippen molar-refractivity contribution in [3.05, 3.63) is 57.8 Å². The topological polar surface area (TPSA) is 126 Å². The van der Waals surface area contributed by atoms with E-state index < -0.39 is 17.4 Å². The van der Waals surface area contributed by atoms with Gasteiger partial charge in [-0.05, 0) is 67.7 Å². The molecule has 0 radical (unpaired) electrons. The molecular weight excluding hydrogens is 636 g/mol. The molecule has 2 fully saturated rings. The van der Waals surface area contributed by atoms with Gasteiger partial charge in [0.15, 0.2) is 5.13 Å². The largest absolute Gasteiger partial charge is 0.489 e. The Bertz CT molecular complexity index is 1480. The average Bonchev–Trinajstić information content (AvgIpc) is 3.65. The Morgan fingerprint density at radius 1 is 0.977 bits per heavy atom. The number of carbonyl (C=O) groups is 3. The molecule has 0 atom stereocenters. The van der Waals surface area contributed by atoms with Gasteiger partial charge >= 0.3 is 6.09 Å². The Kier molecular flexibility index (Phi) is 9.50. The molecule has 13 heteroatoms. The highest BCUT2D eigenvalue weighted by atomic mass is 79.9. The van der Waals surface area contributed by atoms with E-state index in [1.54, 1.807) is 23.2 Å². The van der Waals surface area contributed by atoms with Crippen molar-refractivity contribution in [2.75, 3.05) is 41.7 Å². The van der Waals surface area contributed by atoms with Crippen LogP contribution >= 0.6 is 27.3 Å². The number of pyridine rings is 1. The Morgan fingerprint density at radius 2 is 1.70 bits per heavy atom.